The van der Waals surface area contributed by atoms with Crippen LogP contribution in [-0.2, 0) is 16.0 Å². The molecule has 0 saturated heterocycles. The second-order valence-electron chi connectivity index (χ2n) is 9.25. The zero-order chi connectivity index (χ0) is 24.2. The fourth-order valence-electron chi connectivity index (χ4n) is 3.66. The summed E-state index contributed by atoms with van der Waals surface area (Å²) >= 11 is 0. The number of hydrogen-bond acceptors (Lipinski definition) is 5. The molecule has 1 N–H and O–H groups in total. The quantitative estimate of drug-likeness (QED) is 0.545. The van der Waals surface area contributed by atoms with Crippen molar-refractivity contribution in [1.29, 1.82) is 0 Å². The molecule has 174 valence electrons. The molecule has 1 aliphatic rings. The van der Waals surface area contributed by atoms with Crippen LogP contribution in [0.25, 0.3) is 11.1 Å². The summed E-state index contributed by atoms with van der Waals surface area (Å²) in [5.74, 6) is -0.716. The number of benzene rings is 2. The Kier molecular flexibility index (Phi) is 7.06. The SMILES string of the molecule is CCCOc1ccc(-c2ccc(C)c(C(=O)O)c2)cc1CC1(C(=O)OC(C)(C)C)C=CC=N1. The highest BCUT2D eigenvalue weighted by Crippen LogP contribution is 2.34. The van der Waals surface area contributed by atoms with Crippen LogP contribution >= 0.6 is 0 Å². The molecule has 0 aliphatic carbocycles. The Morgan fingerprint density at radius 1 is 1.09 bits per heavy atom. The summed E-state index contributed by atoms with van der Waals surface area (Å²) in [7, 11) is 0. The Labute approximate surface area is 195 Å². The number of hydrogen-bond donors (Lipinski definition) is 1. The summed E-state index contributed by atoms with van der Waals surface area (Å²) in [6, 6.07) is 11.1. The molecule has 6 heteroatoms. The molecular weight excluding hydrogens is 418 g/mol. The van der Waals surface area contributed by atoms with E-state index in [4.69, 9.17) is 9.47 Å². The van der Waals surface area contributed by atoms with Gasteiger partial charge in [0.25, 0.3) is 0 Å². The monoisotopic (exact) mass is 449 g/mol. The number of aryl methyl sites for hydroxylation is 1. The molecule has 1 heterocycles. The number of rotatable bonds is 8. The highest BCUT2D eigenvalue weighted by Gasteiger charge is 2.41. The van der Waals surface area contributed by atoms with Crippen LogP contribution in [0.2, 0.25) is 0 Å². The van der Waals surface area contributed by atoms with Crippen molar-refractivity contribution < 1.29 is 24.2 Å². The van der Waals surface area contributed by atoms with E-state index in [-0.39, 0.29) is 12.0 Å². The molecule has 0 fully saturated rings. The van der Waals surface area contributed by atoms with E-state index in [0.29, 0.717) is 17.9 Å². The van der Waals surface area contributed by atoms with Crippen LogP contribution in [0.1, 0.15) is 55.6 Å². The molecule has 0 radical (unpaired) electrons. The van der Waals surface area contributed by atoms with E-state index in [0.717, 1.165) is 23.1 Å². The third kappa shape index (κ3) is 5.69. The first-order valence-corrected chi connectivity index (χ1v) is 11.1. The number of carboxylic acid groups (broad SMARTS) is 1. The van der Waals surface area contributed by atoms with Gasteiger partial charge in [0.05, 0.1) is 12.2 Å². The molecule has 2 aromatic carbocycles. The van der Waals surface area contributed by atoms with Crippen LogP contribution in [0.5, 0.6) is 5.75 Å². The number of allylic oxidation sites excluding steroid dienone is 1. The minimum Gasteiger partial charge on any atom is -0.493 e. The molecule has 3 rings (SSSR count). The van der Waals surface area contributed by atoms with Gasteiger partial charge < -0.3 is 14.6 Å². The summed E-state index contributed by atoms with van der Waals surface area (Å²) in [4.78, 5) is 29.2. The number of nitrogens with zero attached hydrogens (tertiary/aromatic N) is 1. The maximum atomic E-state index is 13.1. The fourth-order valence-corrected chi connectivity index (χ4v) is 3.66. The van der Waals surface area contributed by atoms with Gasteiger partial charge >= 0.3 is 11.9 Å². The van der Waals surface area contributed by atoms with Crippen LogP contribution in [-0.4, -0.2) is 41.0 Å². The third-order valence-corrected chi connectivity index (χ3v) is 5.30. The number of carbonyl (C=O) groups excluding carboxylic acids is 1. The smallest absolute Gasteiger partial charge is 0.338 e. The zero-order valence-electron chi connectivity index (χ0n) is 19.8. The van der Waals surface area contributed by atoms with Crippen molar-refractivity contribution in [3.05, 3.63) is 65.2 Å². The summed E-state index contributed by atoms with van der Waals surface area (Å²) in [6.07, 6.45) is 6.22. The van der Waals surface area contributed by atoms with Gasteiger partial charge in [-0.15, -0.1) is 0 Å². The Morgan fingerprint density at radius 2 is 1.79 bits per heavy atom. The molecule has 1 aliphatic heterocycles. The lowest BCUT2D eigenvalue weighted by atomic mass is 9.89. The molecule has 0 bridgehead atoms. The van der Waals surface area contributed by atoms with Gasteiger partial charge in [-0.25, -0.2) is 9.59 Å². The molecule has 33 heavy (non-hydrogen) atoms. The average Bonchev–Trinajstić information content (AvgIpc) is 3.21. The van der Waals surface area contributed by atoms with Crippen molar-refractivity contribution in [2.75, 3.05) is 6.61 Å². The second-order valence-corrected chi connectivity index (χ2v) is 9.25. The highest BCUT2D eigenvalue weighted by molar-refractivity contribution is 5.92. The van der Waals surface area contributed by atoms with Crippen LogP contribution in [0, 0.1) is 6.92 Å². The van der Waals surface area contributed by atoms with Crippen LogP contribution in [0.4, 0.5) is 0 Å². The van der Waals surface area contributed by atoms with Gasteiger partial charge in [-0.05, 0) is 86.7 Å². The van der Waals surface area contributed by atoms with E-state index in [2.05, 4.69) is 4.99 Å². The van der Waals surface area contributed by atoms with Crippen LogP contribution < -0.4 is 4.74 Å². The topological polar surface area (TPSA) is 85.2 Å². The van der Waals surface area contributed by atoms with E-state index in [1.807, 2.05) is 52.0 Å². The maximum Gasteiger partial charge on any atom is 0.338 e. The summed E-state index contributed by atoms with van der Waals surface area (Å²) in [5, 5.41) is 9.52. The first-order valence-electron chi connectivity index (χ1n) is 11.1. The maximum absolute atomic E-state index is 13.1. The van der Waals surface area contributed by atoms with Crippen molar-refractivity contribution in [2.45, 2.75) is 58.6 Å². The fraction of sp³-hybridized carbons (Fsp3) is 0.370. The van der Waals surface area contributed by atoms with E-state index < -0.39 is 23.1 Å². The van der Waals surface area contributed by atoms with Gasteiger partial charge in [-0.2, -0.15) is 0 Å². The normalized spacial score (nSPS) is 17.2. The van der Waals surface area contributed by atoms with E-state index >= 15 is 0 Å². The summed E-state index contributed by atoms with van der Waals surface area (Å²) in [5.41, 5.74) is 1.55. The minimum absolute atomic E-state index is 0.258. The van der Waals surface area contributed by atoms with E-state index in [1.165, 1.54) is 0 Å². The lowest BCUT2D eigenvalue weighted by Crippen LogP contribution is -2.41. The lowest BCUT2D eigenvalue weighted by molar-refractivity contribution is -0.159. The molecule has 0 amide bonds. The molecule has 0 aromatic heterocycles. The van der Waals surface area contributed by atoms with Gasteiger partial charge in [0.1, 0.15) is 11.4 Å². The summed E-state index contributed by atoms with van der Waals surface area (Å²) in [6.45, 7) is 9.83. The Morgan fingerprint density at radius 3 is 2.39 bits per heavy atom. The third-order valence-electron chi connectivity index (χ3n) is 5.30. The van der Waals surface area contributed by atoms with Crippen molar-refractivity contribution >= 4 is 18.2 Å². The number of aromatic carboxylic acids is 1. The lowest BCUT2D eigenvalue weighted by Gasteiger charge is -2.28. The first kappa shape index (κ1) is 24.2. The number of carbonyl (C=O) groups is 2. The predicted molar refractivity (Wildman–Crippen MR) is 129 cm³/mol. The average molecular weight is 450 g/mol. The van der Waals surface area contributed by atoms with Gasteiger partial charge in [0, 0.05) is 12.6 Å². The zero-order valence-corrected chi connectivity index (χ0v) is 19.8. The number of esters is 1. The van der Waals surface area contributed by atoms with Crippen molar-refractivity contribution in [2.24, 2.45) is 4.99 Å². The van der Waals surface area contributed by atoms with Gasteiger partial charge in [0.2, 0.25) is 0 Å². The molecular formula is C27H31NO5. The molecule has 6 nitrogen and oxygen atoms in total. The number of carboxylic acids is 1. The molecule has 0 saturated carbocycles. The summed E-state index contributed by atoms with van der Waals surface area (Å²) < 4.78 is 11.7. The van der Waals surface area contributed by atoms with Crippen molar-refractivity contribution in [1.82, 2.24) is 0 Å². The minimum atomic E-state index is -1.17. The van der Waals surface area contributed by atoms with Crippen LogP contribution in [0.15, 0.2) is 53.5 Å². The largest absolute Gasteiger partial charge is 0.493 e. The van der Waals surface area contributed by atoms with Gasteiger partial charge in [-0.1, -0.05) is 25.1 Å². The number of ether oxygens (including phenoxy) is 2. The van der Waals surface area contributed by atoms with E-state index in [9.17, 15) is 14.7 Å². The van der Waals surface area contributed by atoms with Crippen molar-refractivity contribution in [3.8, 4) is 16.9 Å². The molecule has 1 unspecified atom stereocenters. The highest BCUT2D eigenvalue weighted by atomic mass is 16.6. The van der Waals surface area contributed by atoms with Crippen LogP contribution in [0.3, 0.4) is 0 Å². The second kappa shape index (κ2) is 9.61. The Hall–Kier alpha value is -3.41. The van der Waals surface area contributed by atoms with Gasteiger partial charge in [-0.3, -0.25) is 4.99 Å². The van der Waals surface area contributed by atoms with Crippen molar-refractivity contribution in [3.63, 3.8) is 0 Å². The molecule has 2 aromatic rings. The first-order chi connectivity index (χ1) is 15.5. The number of aliphatic imine (C=N–C) groups is 1. The Balaban J connectivity index is 2.05. The predicted octanol–water partition coefficient (Wildman–Crippen LogP) is 5.41. The Bertz CT molecular complexity index is 1100. The van der Waals surface area contributed by atoms with E-state index in [1.54, 1.807) is 37.4 Å². The molecule has 0 spiro atoms. The standard InChI is InChI=1S/C27H31NO5/c1-6-14-32-23-11-10-19(20-9-8-18(2)22(16-20)24(29)30)15-21(23)17-27(12-7-13-28-27)25(31)33-26(3,4)5/h7-13,15-16H,6,14,17H2,1-5H3,(H,29,30). The van der Waals surface area contributed by atoms with Gasteiger partial charge in [0.15, 0.2) is 5.54 Å². The molecule has 1 atom stereocenters.